The van der Waals surface area contributed by atoms with Crippen LogP contribution in [0.5, 0.6) is 0 Å². The first-order chi connectivity index (χ1) is 14.7. The first kappa shape index (κ1) is 18.1. The zero-order chi connectivity index (χ0) is 20.5. The van der Waals surface area contributed by atoms with Crippen molar-refractivity contribution >= 4 is 32.9 Å². The molecule has 142 valence electrons. The summed E-state index contributed by atoms with van der Waals surface area (Å²) >= 11 is 0. The molecule has 0 aromatic heterocycles. The van der Waals surface area contributed by atoms with Gasteiger partial charge in [0.25, 0.3) is 0 Å². The molecule has 0 radical (unpaired) electrons. The van der Waals surface area contributed by atoms with Crippen LogP contribution in [-0.4, -0.2) is 5.78 Å². The van der Waals surface area contributed by atoms with Crippen molar-refractivity contribution in [3.63, 3.8) is 0 Å². The second kappa shape index (κ2) is 7.46. The van der Waals surface area contributed by atoms with E-state index in [-0.39, 0.29) is 5.78 Å². The van der Waals surface area contributed by atoms with Crippen molar-refractivity contribution < 1.29 is 4.79 Å². The summed E-state index contributed by atoms with van der Waals surface area (Å²) in [5.41, 5.74) is 4.53. The van der Waals surface area contributed by atoms with E-state index in [1.165, 1.54) is 10.8 Å². The molecule has 0 fully saturated rings. The molecule has 0 unspecified atom stereocenters. The third-order valence-electron chi connectivity index (χ3n) is 5.64. The molecule has 0 aliphatic rings. The highest BCUT2D eigenvalue weighted by molar-refractivity contribution is 6.18. The molecule has 30 heavy (non-hydrogen) atoms. The molecule has 1 nitrogen and oxygen atoms in total. The molecule has 0 N–H and O–H groups in total. The lowest BCUT2D eigenvalue weighted by Crippen LogP contribution is -2.03. The van der Waals surface area contributed by atoms with Crippen LogP contribution in [0.25, 0.3) is 27.1 Å². The molecule has 0 bridgehead atoms. The van der Waals surface area contributed by atoms with Crippen LogP contribution in [0.2, 0.25) is 0 Å². The van der Waals surface area contributed by atoms with Gasteiger partial charge >= 0.3 is 0 Å². The number of rotatable bonds is 4. The van der Waals surface area contributed by atoms with Gasteiger partial charge in [0.05, 0.1) is 0 Å². The van der Waals surface area contributed by atoms with Gasteiger partial charge in [-0.25, -0.2) is 0 Å². The summed E-state index contributed by atoms with van der Waals surface area (Å²) in [4.78, 5) is 13.2. The highest BCUT2D eigenvalue weighted by atomic mass is 16.1. The van der Waals surface area contributed by atoms with E-state index in [9.17, 15) is 4.79 Å². The molecule has 0 spiro atoms. The maximum Gasteiger partial charge on any atom is 0.193 e. The van der Waals surface area contributed by atoms with E-state index in [4.69, 9.17) is 0 Å². The van der Waals surface area contributed by atoms with Crippen LogP contribution in [-0.2, 0) is 0 Å². The van der Waals surface area contributed by atoms with Gasteiger partial charge in [-0.15, -0.1) is 0 Å². The van der Waals surface area contributed by atoms with Crippen LogP contribution >= 0.6 is 0 Å². The predicted molar refractivity (Wildman–Crippen MR) is 126 cm³/mol. The minimum atomic E-state index is 0.0362. The van der Waals surface area contributed by atoms with Crippen molar-refractivity contribution in [3.05, 3.63) is 138 Å². The average Bonchev–Trinajstić information content (AvgIpc) is 2.82. The molecule has 0 atom stereocenters. The molecule has 0 amide bonds. The molecular formula is C29H20O. The topological polar surface area (TPSA) is 17.1 Å². The van der Waals surface area contributed by atoms with E-state index in [2.05, 4.69) is 49.0 Å². The maximum atomic E-state index is 13.2. The van der Waals surface area contributed by atoms with Crippen molar-refractivity contribution in [2.45, 2.75) is 0 Å². The maximum absolute atomic E-state index is 13.2. The Bertz CT molecular complexity index is 1410. The summed E-state index contributed by atoms with van der Waals surface area (Å²) in [7, 11) is 0. The fraction of sp³-hybridized carbons (Fsp3) is 0. The zero-order valence-corrected chi connectivity index (χ0v) is 16.5. The number of ketones is 1. The number of carbonyl (C=O) groups is 1. The van der Waals surface area contributed by atoms with Gasteiger partial charge in [-0.1, -0.05) is 110 Å². The Morgan fingerprint density at radius 2 is 1.03 bits per heavy atom. The monoisotopic (exact) mass is 384 g/mol. The van der Waals surface area contributed by atoms with Crippen LogP contribution < -0.4 is 0 Å². The van der Waals surface area contributed by atoms with Crippen LogP contribution in [0.4, 0.5) is 0 Å². The van der Waals surface area contributed by atoms with Gasteiger partial charge in [0.15, 0.2) is 5.78 Å². The van der Waals surface area contributed by atoms with E-state index in [0.717, 1.165) is 27.5 Å². The molecule has 0 heterocycles. The van der Waals surface area contributed by atoms with E-state index in [1.807, 2.05) is 66.7 Å². The summed E-state index contributed by atoms with van der Waals surface area (Å²) in [6.45, 7) is 4.44. The largest absolute Gasteiger partial charge is 0.289 e. The molecule has 5 rings (SSSR count). The summed E-state index contributed by atoms with van der Waals surface area (Å²) in [6.07, 6.45) is 0. The second-order valence-electron chi connectivity index (χ2n) is 7.41. The fourth-order valence-corrected chi connectivity index (χ4v) is 4.14. The summed E-state index contributed by atoms with van der Waals surface area (Å²) < 4.78 is 0. The summed E-state index contributed by atoms with van der Waals surface area (Å²) in [6, 6.07) is 36.1. The fourth-order valence-electron chi connectivity index (χ4n) is 4.14. The number of benzene rings is 5. The first-order valence-corrected chi connectivity index (χ1v) is 10.0. The number of fused-ring (bicyclic) bond motifs is 2. The van der Waals surface area contributed by atoms with Gasteiger partial charge in [-0.05, 0) is 44.3 Å². The Kier molecular flexibility index (Phi) is 4.49. The van der Waals surface area contributed by atoms with Gasteiger partial charge < -0.3 is 0 Å². The molecule has 0 aliphatic carbocycles. The summed E-state index contributed by atoms with van der Waals surface area (Å²) in [5, 5.41) is 4.36. The first-order valence-electron chi connectivity index (χ1n) is 10.0. The van der Waals surface area contributed by atoms with Crippen molar-refractivity contribution in [1.29, 1.82) is 0 Å². The lowest BCUT2D eigenvalue weighted by molar-refractivity contribution is 0.104. The Balaban J connectivity index is 1.68. The van der Waals surface area contributed by atoms with Crippen molar-refractivity contribution in [2.24, 2.45) is 0 Å². The molecule has 0 aliphatic heterocycles. The molecule has 5 aromatic carbocycles. The normalized spacial score (nSPS) is 10.9. The van der Waals surface area contributed by atoms with Gasteiger partial charge in [0.2, 0.25) is 0 Å². The van der Waals surface area contributed by atoms with Crippen LogP contribution in [0, 0.1) is 0 Å². The van der Waals surface area contributed by atoms with Crippen LogP contribution in [0.1, 0.15) is 27.0 Å². The Morgan fingerprint density at radius 3 is 1.80 bits per heavy atom. The minimum Gasteiger partial charge on any atom is -0.289 e. The van der Waals surface area contributed by atoms with E-state index < -0.39 is 0 Å². The van der Waals surface area contributed by atoms with E-state index in [0.29, 0.717) is 11.1 Å². The van der Waals surface area contributed by atoms with Gasteiger partial charge in [-0.3, -0.25) is 4.79 Å². The quantitative estimate of drug-likeness (QED) is 0.297. The Labute approximate surface area is 175 Å². The highest BCUT2D eigenvalue weighted by Crippen LogP contribution is 2.34. The van der Waals surface area contributed by atoms with Crippen molar-refractivity contribution in [2.75, 3.05) is 0 Å². The lowest BCUT2D eigenvalue weighted by Gasteiger charge is -2.15. The zero-order valence-electron chi connectivity index (χ0n) is 16.5. The molecule has 0 saturated heterocycles. The number of carbonyl (C=O) groups excluding carboxylic acids is 1. The van der Waals surface area contributed by atoms with E-state index >= 15 is 0 Å². The smallest absolute Gasteiger partial charge is 0.193 e. The number of hydrogen-bond acceptors (Lipinski definition) is 1. The lowest BCUT2D eigenvalue weighted by atomic mass is 9.88. The SMILES string of the molecule is C=C(c1cccc2ccccc12)c1ccc(C(=O)c2ccccc2)c2ccccc12. The van der Waals surface area contributed by atoms with Crippen LogP contribution in [0.3, 0.4) is 0 Å². The Morgan fingerprint density at radius 1 is 0.500 bits per heavy atom. The summed E-state index contributed by atoms with van der Waals surface area (Å²) in [5.74, 6) is 0.0362. The van der Waals surface area contributed by atoms with Gasteiger partial charge in [0, 0.05) is 11.1 Å². The highest BCUT2D eigenvalue weighted by Gasteiger charge is 2.16. The van der Waals surface area contributed by atoms with Crippen molar-refractivity contribution in [3.8, 4) is 0 Å². The number of hydrogen-bond donors (Lipinski definition) is 0. The third kappa shape index (κ3) is 3.01. The molecular weight excluding hydrogens is 364 g/mol. The molecule has 0 saturated carbocycles. The second-order valence-corrected chi connectivity index (χ2v) is 7.41. The standard InChI is InChI=1S/C29H20O/c1-20(23-17-9-13-21-10-5-6-14-25(21)23)24-18-19-28(27-16-8-7-15-26(24)27)29(30)22-11-3-2-4-12-22/h2-19H,1H2. The average molecular weight is 384 g/mol. The van der Waals surface area contributed by atoms with E-state index in [1.54, 1.807) is 0 Å². The van der Waals surface area contributed by atoms with Crippen LogP contribution in [0.15, 0.2) is 116 Å². The Hall–Kier alpha value is -3.97. The van der Waals surface area contributed by atoms with Crippen molar-refractivity contribution in [1.82, 2.24) is 0 Å². The minimum absolute atomic E-state index is 0.0362. The van der Waals surface area contributed by atoms with Gasteiger partial charge in [0.1, 0.15) is 0 Å². The molecule has 5 aromatic rings. The third-order valence-corrected chi connectivity index (χ3v) is 5.64. The molecule has 1 heteroatoms. The predicted octanol–water partition coefficient (Wildman–Crippen LogP) is 7.29. The van der Waals surface area contributed by atoms with Gasteiger partial charge in [-0.2, -0.15) is 0 Å².